The van der Waals surface area contributed by atoms with E-state index < -0.39 is 22.5 Å². The third kappa shape index (κ3) is 5.74. The molecule has 1 N–H and O–H groups in total. The van der Waals surface area contributed by atoms with Gasteiger partial charge in [-0.15, -0.1) is 0 Å². The van der Waals surface area contributed by atoms with Crippen LogP contribution in [0.5, 0.6) is 11.5 Å². The van der Waals surface area contributed by atoms with Crippen molar-refractivity contribution in [1.82, 2.24) is 5.43 Å². The number of carbonyl (C=O) groups excluding carboxylic acids is 1. The standard InChI is InChI=1S/C22H22BrN3O6S/c1-15-19(23)12-17(32-15)13-24-25-22(27)14-26(33(28,29)18-7-5-4-6-8-18)16-9-10-20(30-2)21(11-16)31-3/h4-13H,14H2,1-3H3,(H,25,27)/b24-13-. The third-order valence-electron chi connectivity index (χ3n) is 4.53. The van der Waals surface area contributed by atoms with Crippen molar-refractivity contribution in [2.75, 3.05) is 25.1 Å². The topological polar surface area (TPSA) is 110 Å². The molecule has 174 valence electrons. The highest BCUT2D eigenvalue weighted by atomic mass is 79.9. The van der Waals surface area contributed by atoms with Crippen LogP contribution in [-0.2, 0) is 14.8 Å². The number of rotatable bonds is 9. The molecule has 0 spiro atoms. The molecule has 0 saturated heterocycles. The summed E-state index contributed by atoms with van der Waals surface area (Å²) in [5, 5.41) is 3.85. The molecule has 9 nitrogen and oxygen atoms in total. The first-order valence-electron chi connectivity index (χ1n) is 9.64. The Hall–Kier alpha value is -3.31. The summed E-state index contributed by atoms with van der Waals surface area (Å²) in [5.74, 6) is 1.18. The van der Waals surface area contributed by atoms with Crippen LogP contribution in [0.15, 0.2) is 73.5 Å². The van der Waals surface area contributed by atoms with Gasteiger partial charge in [-0.1, -0.05) is 18.2 Å². The monoisotopic (exact) mass is 535 g/mol. The Bertz CT molecular complexity index is 1240. The molecule has 1 aromatic heterocycles. The molecular weight excluding hydrogens is 514 g/mol. The fourth-order valence-electron chi connectivity index (χ4n) is 2.89. The summed E-state index contributed by atoms with van der Waals surface area (Å²) in [6.07, 6.45) is 1.32. The maximum absolute atomic E-state index is 13.4. The summed E-state index contributed by atoms with van der Waals surface area (Å²) in [6, 6.07) is 14.1. The highest BCUT2D eigenvalue weighted by Gasteiger charge is 2.28. The average Bonchev–Trinajstić information content (AvgIpc) is 3.14. The largest absolute Gasteiger partial charge is 0.493 e. The van der Waals surface area contributed by atoms with Gasteiger partial charge in [0.25, 0.3) is 15.9 Å². The molecule has 0 aliphatic carbocycles. The van der Waals surface area contributed by atoms with Gasteiger partial charge in [-0.25, -0.2) is 13.8 Å². The summed E-state index contributed by atoms with van der Waals surface area (Å²) in [6.45, 7) is 1.25. The van der Waals surface area contributed by atoms with Gasteiger partial charge in [0.05, 0.1) is 35.5 Å². The molecule has 2 aromatic carbocycles. The predicted octanol–water partition coefficient (Wildman–Crippen LogP) is 3.71. The number of benzene rings is 2. The van der Waals surface area contributed by atoms with Crippen molar-refractivity contribution in [3.8, 4) is 11.5 Å². The number of methoxy groups -OCH3 is 2. The van der Waals surface area contributed by atoms with Gasteiger partial charge < -0.3 is 13.9 Å². The Labute approximate surface area is 200 Å². The summed E-state index contributed by atoms with van der Waals surface area (Å²) < 4.78 is 44.4. The first kappa shape index (κ1) is 24.3. The van der Waals surface area contributed by atoms with Crippen molar-refractivity contribution in [2.45, 2.75) is 11.8 Å². The lowest BCUT2D eigenvalue weighted by atomic mass is 10.2. The first-order valence-corrected chi connectivity index (χ1v) is 11.9. The van der Waals surface area contributed by atoms with Crippen LogP contribution < -0.4 is 19.2 Å². The second-order valence-corrected chi connectivity index (χ2v) is 9.43. The molecule has 11 heteroatoms. The SMILES string of the molecule is COc1ccc(N(CC(=O)N/N=C\c2cc(Br)c(C)o2)S(=O)(=O)c2ccccc2)cc1OC. The fourth-order valence-corrected chi connectivity index (χ4v) is 4.63. The number of sulfonamides is 1. The number of nitrogens with zero attached hydrogens (tertiary/aromatic N) is 2. The van der Waals surface area contributed by atoms with Crippen LogP contribution in [0.3, 0.4) is 0 Å². The number of anilines is 1. The molecular formula is C22H22BrN3O6S. The second kappa shape index (κ2) is 10.5. The molecule has 1 amide bonds. The van der Waals surface area contributed by atoms with Crippen LogP contribution in [0, 0.1) is 6.92 Å². The van der Waals surface area contributed by atoms with E-state index in [9.17, 15) is 13.2 Å². The van der Waals surface area contributed by atoms with Gasteiger partial charge in [0.15, 0.2) is 11.5 Å². The predicted molar refractivity (Wildman–Crippen MR) is 127 cm³/mol. The minimum atomic E-state index is -4.07. The van der Waals surface area contributed by atoms with Crippen molar-refractivity contribution in [3.63, 3.8) is 0 Å². The number of hydrazone groups is 1. The molecule has 0 atom stereocenters. The van der Waals surface area contributed by atoms with Gasteiger partial charge in [-0.05, 0) is 47.1 Å². The van der Waals surface area contributed by atoms with Crippen molar-refractivity contribution in [2.24, 2.45) is 5.10 Å². The highest BCUT2D eigenvalue weighted by Crippen LogP contribution is 2.33. The maximum Gasteiger partial charge on any atom is 0.264 e. The lowest BCUT2D eigenvalue weighted by molar-refractivity contribution is -0.119. The van der Waals surface area contributed by atoms with Gasteiger partial charge in [0, 0.05) is 12.1 Å². The summed E-state index contributed by atoms with van der Waals surface area (Å²) in [7, 11) is -1.16. The molecule has 0 saturated carbocycles. The minimum absolute atomic E-state index is 0.0343. The average molecular weight is 536 g/mol. The Morgan fingerprint density at radius 3 is 2.42 bits per heavy atom. The molecule has 0 radical (unpaired) electrons. The number of carbonyl (C=O) groups is 1. The van der Waals surface area contributed by atoms with E-state index in [4.69, 9.17) is 13.9 Å². The normalized spacial score (nSPS) is 11.4. The highest BCUT2D eigenvalue weighted by molar-refractivity contribution is 9.10. The molecule has 0 aliphatic rings. The lowest BCUT2D eigenvalue weighted by Crippen LogP contribution is -2.39. The van der Waals surface area contributed by atoms with E-state index in [0.29, 0.717) is 23.0 Å². The van der Waals surface area contributed by atoms with Crippen LogP contribution in [0.1, 0.15) is 11.5 Å². The van der Waals surface area contributed by atoms with E-state index in [1.807, 2.05) is 0 Å². The Balaban J connectivity index is 1.89. The number of ether oxygens (including phenoxy) is 2. The van der Waals surface area contributed by atoms with Crippen LogP contribution in [0.25, 0.3) is 0 Å². The van der Waals surface area contributed by atoms with E-state index in [-0.39, 0.29) is 10.6 Å². The summed E-state index contributed by atoms with van der Waals surface area (Å²) in [4.78, 5) is 12.7. The number of hydrogen-bond acceptors (Lipinski definition) is 7. The zero-order valence-electron chi connectivity index (χ0n) is 18.1. The zero-order chi connectivity index (χ0) is 24.0. The van der Waals surface area contributed by atoms with E-state index in [2.05, 4.69) is 26.5 Å². The van der Waals surface area contributed by atoms with Crippen molar-refractivity contribution < 1.29 is 27.1 Å². The number of aryl methyl sites for hydroxylation is 1. The number of halogens is 1. The number of nitrogens with one attached hydrogen (secondary N) is 1. The van der Waals surface area contributed by atoms with Crippen LogP contribution in [0.4, 0.5) is 5.69 Å². The Kier molecular flexibility index (Phi) is 7.77. The van der Waals surface area contributed by atoms with E-state index in [0.717, 1.165) is 8.78 Å². The smallest absolute Gasteiger partial charge is 0.264 e. The number of amides is 1. The van der Waals surface area contributed by atoms with E-state index >= 15 is 0 Å². The molecule has 0 bridgehead atoms. The van der Waals surface area contributed by atoms with Gasteiger partial charge in [-0.3, -0.25) is 9.10 Å². The lowest BCUT2D eigenvalue weighted by Gasteiger charge is -2.24. The second-order valence-electron chi connectivity index (χ2n) is 6.71. The fraction of sp³-hybridized carbons (Fsp3) is 0.182. The molecule has 1 heterocycles. The first-order chi connectivity index (χ1) is 15.8. The van der Waals surface area contributed by atoms with Crippen LogP contribution in [0.2, 0.25) is 0 Å². The third-order valence-corrected chi connectivity index (χ3v) is 7.11. The summed E-state index contributed by atoms with van der Waals surface area (Å²) in [5.41, 5.74) is 2.55. The minimum Gasteiger partial charge on any atom is -0.493 e. The molecule has 3 aromatic rings. The number of furan rings is 1. The molecule has 0 unspecified atom stereocenters. The van der Waals surface area contributed by atoms with Gasteiger partial charge >= 0.3 is 0 Å². The van der Waals surface area contributed by atoms with Crippen molar-refractivity contribution >= 4 is 43.8 Å². The van der Waals surface area contributed by atoms with Gasteiger partial charge in [-0.2, -0.15) is 5.10 Å². The molecule has 33 heavy (non-hydrogen) atoms. The number of hydrogen-bond donors (Lipinski definition) is 1. The maximum atomic E-state index is 13.4. The van der Waals surface area contributed by atoms with Gasteiger partial charge in [0.1, 0.15) is 18.1 Å². The molecule has 3 rings (SSSR count). The van der Waals surface area contributed by atoms with Crippen molar-refractivity contribution in [1.29, 1.82) is 0 Å². The van der Waals surface area contributed by atoms with Crippen molar-refractivity contribution in [3.05, 3.63) is 70.6 Å². The van der Waals surface area contributed by atoms with E-state index in [1.165, 1.54) is 44.7 Å². The summed E-state index contributed by atoms with van der Waals surface area (Å²) >= 11 is 3.33. The van der Waals surface area contributed by atoms with Gasteiger partial charge in [0.2, 0.25) is 0 Å². The molecule has 0 fully saturated rings. The van der Waals surface area contributed by atoms with Crippen LogP contribution >= 0.6 is 15.9 Å². The zero-order valence-corrected chi connectivity index (χ0v) is 20.5. The van der Waals surface area contributed by atoms with Crippen LogP contribution in [-0.4, -0.2) is 41.3 Å². The quantitative estimate of drug-likeness (QED) is 0.330. The van der Waals surface area contributed by atoms with E-state index in [1.54, 1.807) is 37.3 Å². The molecule has 0 aliphatic heterocycles. The Morgan fingerprint density at radius 2 is 1.82 bits per heavy atom. The Morgan fingerprint density at radius 1 is 1.12 bits per heavy atom.